The smallest absolute Gasteiger partial charge is 0.336 e. The van der Waals surface area contributed by atoms with E-state index in [0.29, 0.717) is 25.1 Å². The van der Waals surface area contributed by atoms with Gasteiger partial charge in [0.25, 0.3) is 0 Å². The van der Waals surface area contributed by atoms with Crippen molar-refractivity contribution in [2.24, 2.45) is 5.92 Å². The largest absolute Gasteiger partial charge is 0.422 e. The van der Waals surface area contributed by atoms with Gasteiger partial charge in [0.1, 0.15) is 11.3 Å². The van der Waals surface area contributed by atoms with Crippen LogP contribution in [0.5, 0.6) is 0 Å². The fourth-order valence-electron chi connectivity index (χ4n) is 4.09. The molecule has 1 saturated heterocycles. The lowest BCUT2D eigenvalue weighted by atomic mass is 10.0. The summed E-state index contributed by atoms with van der Waals surface area (Å²) in [7, 11) is 0. The number of nitrogens with zero attached hydrogens (tertiary/aromatic N) is 2. The van der Waals surface area contributed by atoms with Gasteiger partial charge in [0.15, 0.2) is 0 Å². The molecule has 27 heavy (non-hydrogen) atoms. The van der Waals surface area contributed by atoms with Crippen LogP contribution in [0, 0.1) is 26.7 Å². The second kappa shape index (κ2) is 6.94. The Morgan fingerprint density at radius 1 is 1.19 bits per heavy atom. The number of likely N-dealkylation sites (tertiary alicyclic amines) is 1. The van der Waals surface area contributed by atoms with Crippen molar-refractivity contribution in [2.75, 3.05) is 13.1 Å². The number of aryl methyl sites for hydroxylation is 3. The molecule has 1 fully saturated rings. The van der Waals surface area contributed by atoms with Gasteiger partial charge in [-0.2, -0.15) is 0 Å². The molecule has 0 spiro atoms. The lowest BCUT2D eigenvalue weighted by Gasteiger charge is -2.17. The fraction of sp³-hybridized carbons (Fsp3) is 0.429. The topological polar surface area (TPSA) is 79.7 Å². The molecule has 6 heteroatoms. The minimum absolute atomic E-state index is 0.0900. The van der Waals surface area contributed by atoms with Crippen molar-refractivity contribution < 1.29 is 14.0 Å². The maximum absolute atomic E-state index is 12.0. The van der Waals surface area contributed by atoms with Crippen LogP contribution in [-0.2, 0) is 13.0 Å². The number of aromatic nitrogens is 1. The van der Waals surface area contributed by atoms with Crippen LogP contribution in [-0.4, -0.2) is 34.4 Å². The maximum Gasteiger partial charge on any atom is 0.336 e. The lowest BCUT2D eigenvalue weighted by Crippen LogP contribution is -2.22. The average molecular weight is 368 g/mol. The van der Waals surface area contributed by atoms with Gasteiger partial charge in [-0.1, -0.05) is 11.2 Å². The van der Waals surface area contributed by atoms with Crippen LogP contribution in [0.25, 0.3) is 11.0 Å². The van der Waals surface area contributed by atoms with E-state index in [0.717, 1.165) is 40.1 Å². The van der Waals surface area contributed by atoms with E-state index in [4.69, 9.17) is 8.94 Å². The molecule has 6 nitrogen and oxygen atoms in total. The number of benzene rings is 1. The van der Waals surface area contributed by atoms with Crippen molar-refractivity contribution in [1.82, 2.24) is 10.1 Å². The van der Waals surface area contributed by atoms with Gasteiger partial charge in [0, 0.05) is 49.5 Å². The molecule has 0 radical (unpaired) electrons. The van der Waals surface area contributed by atoms with Crippen LogP contribution in [0.4, 0.5) is 0 Å². The number of rotatable bonds is 4. The summed E-state index contributed by atoms with van der Waals surface area (Å²) in [6, 6.07) is 7.56. The molecular formula is C21H24N2O4. The highest BCUT2D eigenvalue weighted by Gasteiger charge is 2.32. The molecule has 3 heterocycles. The molecule has 0 bridgehead atoms. The minimum atomic E-state index is -0.426. The van der Waals surface area contributed by atoms with Crippen molar-refractivity contribution >= 4 is 11.0 Å². The zero-order chi connectivity index (χ0) is 19.1. The molecule has 4 rings (SSSR count). The molecule has 2 aromatic heterocycles. The van der Waals surface area contributed by atoms with Gasteiger partial charge >= 0.3 is 5.63 Å². The number of β-amino-alcohol motifs (C(OH)–C–C–N with tert-alkyl or cyclic N) is 1. The van der Waals surface area contributed by atoms with Crippen molar-refractivity contribution in [3.63, 3.8) is 0 Å². The second-order valence-corrected chi connectivity index (χ2v) is 7.71. The summed E-state index contributed by atoms with van der Waals surface area (Å²) < 4.78 is 10.7. The Bertz CT molecular complexity index is 1040. The van der Waals surface area contributed by atoms with Crippen LogP contribution in [0.15, 0.2) is 38.0 Å². The summed E-state index contributed by atoms with van der Waals surface area (Å²) >= 11 is 0. The molecular weight excluding hydrogens is 344 g/mol. The number of hydrogen-bond donors (Lipinski definition) is 1. The zero-order valence-electron chi connectivity index (χ0n) is 15.9. The standard InChI is InChI=1S/C21H24N2O4/c1-12-4-13(2)21-18(5-12)15(8-20(25)26-21)9-23-10-16(19(24)11-23)7-17-6-14(3)22-27-17/h4-6,8,16,19,24H,7,9-11H2,1-3H3/t16-,19+/m1/s1. The number of aliphatic hydroxyl groups excluding tert-OH is 1. The lowest BCUT2D eigenvalue weighted by molar-refractivity contribution is 0.137. The van der Waals surface area contributed by atoms with Crippen LogP contribution in [0.3, 0.4) is 0 Å². The summed E-state index contributed by atoms with van der Waals surface area (Å²) in [5.74, 6) is 0.891. The van der Waals surface area contributed by atoms with E-state index in [-0.39, 0.29) is 11.5 Å². The Labute approximate surface area is 157 Å². The van der Waals surface area contributed by atoms with Gasteiger partial charge < -0.3 is 14.0 Å². The highest BCUT2D eigenvalue weighted by molar-refractivity contribution is 5.83. The summed E-state index contributed by atoms with van der Waals surface area (Å²) in [4.78, 5) is 14.2. The fourth-order valence-corrected chi connectivity index (χ4v) is 4.09. The Morgan fingerprint density at radius 2 is 2.00 bits per heavy atom. The number of hydrogen-bond acceptors (Lipinski definition) is 6. The molecule has 1 aromatic carbocycles. The van der Waals surface area contributed by atoms with Crippen LogP contribution >= 0.6 is 0 Å². The van der Waals surface area contributed by atoms with E-state index in [2.05, 4.69) is 16.1 Å². The maximum atomic E-state index is 12.0. The highest BCUT2D eigenvalue weighted by Crippen LogP contribution is 2.27. The summed E-state index contributed by atoms with van der Waals surface area (Å²) in [5, 5.41) is 15.4. The first-order valence-corrected chi connectivity index (χ1v) is 9.25. The first-order chi connectivity index (χ1) is 12.9. The Balaban J connectivity index is 1.57. The summed E-state index contributed by atoms with van der Waals surface area (Å²) in [6.07, 6.45) is 0.235. The quantitative estimate of drug-likeness (QED) is 0.714. The van der Waals surface area contributed by atoms with Crippen molar-refractivity contribution in [2.45, 2.75) is 39.8 Å². The van der Waals surface area contributed by atoms with E-state index in [1.807, 2.05) is 32.9 Å². The molecule has 0 aliphatic carbocycles. The van der Waals surface area contributed by atoms with Crippen LogP contribution in [0.2, 0.25) is 0 Å². The van der Waals surface area contributed by atoms with Crippen LogP contribution < -0.4 is 5.63 Å². The number of aliphatic hydroxyl groups is 1. The monoisotopic (exact) mass is 368 g/mol. The molecule has 2 atom stereocenters. The predicted molar refractivity (Wildman–Crippen MR) is 102 cm³/mol. The molecule has 1 aliphatic rings. The van der Waals surface area contributed by atoms with Gasteiger partial charge in [-0.05, 0) is 43.5 Å². The predicted octanol–water partition coefficient (Wildman–Crippen LogP) is 2.74. The van der Waals surface area contributed by atoms with E-state index in [9.17, 15) is 9.90 Å². The zero-order valence-corrected chi connectivity index (χ0v) is 15.9. The van der Waals surface area contributed by atoms with Gasteiger partial charge in [0.2, 0.25) is 0 Å². The van der Waals surface area contributed by atoms with E-state index >= 15 is 0 Å². The van der Waals surface area contributed by atoms with Crippen molar-refractivity contribution in [1.29, 1.82) is 0 Å². The van der Waals surface area contributed by atoms with Gasteiger partial charge in [-0.25, -0.2) is 4.79 Å². The summed E-state index contributed by atoms with van der Waals surface area (Å²) in [6.45, 7) is 7.81. The van der Waals surface area contributed by atoms with E-state index in [1.54, 1.807) is 6.07 Å². The average Bonchev–Trinajstić information content (AvgIpc) is 3.14. The Morgan fingerprint density at radius 3 is 2.74 bits per heavy atom. The molecule has 3 aromatic rings. The van der Waals surface area contributed by atoms with Gasteiger partial charge in [0.05, 0.1) is 11.8 Å². The molecule has 1 N–H and O–H groups in total. The van der Waals surface area contributed by atoms with Gasteiger partial charge in [-0.3, -0.25) is 4.90 Å². The van der Waals surface area contributed by atoms with Crippen molar-refractivity contribution in [3.8, 4) is 0 Å². The SMILES string of the molecule is Cc1cc(C)c2oc(=O)cc(CN3C[C@@H](Cc4cc(C)no4)[C@@H](O)C3)c2c1. The first-order valence-electron chi connectivity index (χ1n) is 9.25. The van der Waals surface area contributed by atoms with E-state index < -0.39 is 6.10 Å². The minimum Gasteiger partial charge on any atom is -0.422 e. The first kappa shape index (κ1) is 17.9. The third-order valence-corrected chi connectivity index (χ3v) is 5.28. The summed E-state index contributed by atoms with van der Waals surface area (Å²) in [5.41, 5.74) is 4.20. The molecule has 0 amide bonds. The molecule has 0 unspecified atom stereocenters. The third-order valence-electron chi connectivity index (χ3n) is 5.28. The normalized spacial score (nSPS) is 20.6. The van der Waals surface area contributed by atoms with Crippen molar-refractivity contribution in [3.05, 3.63) is 62.8 Å². The van der Waals surface area contributed by atoms with Crippen LogP contribution in [0.1, 0.15) is 28.1 Å². The van der Waals surface area contributed by atoms with Gasteiger partial charge in [-0.15, -0.1) is 0 Å². The number of fused-ring (bicyclic) bond motifs is 1. The van der Waals surface area contributed by atoms with E-state index in [1.165, 1.54) is 0 Å². The Hall–Kier alpha value is -2.44. The highest BCUT2D eigenvalue weighted by atomic mass is 16.5. The third kappa shape index (κ3) is 3.68. The molecule has 1 aliphatic heterocycles. The second-order valence-electron chi connectivity index (χ2n) is 7.71. The Kier molecular flexibility index (Phi) is 4.61. The molecule has 0 saturated carbocycles. The molecule has 142 valence electrons.